The molecule has 33 heavy (non-hydrogen) atoms. The normalized spacial score (nSPS) is 17.4. The van der Waals surface area contributed by atoms with E-state index < -0.39 is 11.7 Å². The number of methoxy groups -OCH3 is 1. The summed E-state index contributed by atoms with van der Waals surface area (Å²) in [6.07, 6.45) is -1.33. The highest BCUT2D eigenvalue weighted by Crippen LogP contribution is 2.36. The fourth-order valence-electron chi connectivity index (χ4n) is 4.35. The van der Waals surface area contributed by atoms with Crippen molar-refractivity contribution < 1.29 is 22.6 Å². The van der Waals surface area contributed by atoms with Crippen LogP contribution in [0.2, 0.25) is 0 Å². The monoisotopic (exact) mass is 459 g/mol. The topological polar surface area (TPSA) is 94.0 Å². The number of H-pyrrole nitrogens is 1. The molecule has 172 valence electrons. The maximum atomic E-state index is 13.5. The van der Waals surface area contributed by atoms with Crippen molar-refractivity contribution in [2.75, 3.05) is 38.3 Å². The van der Waals surface area contributed by atoms with Gasteiger partial charge in [-0.15, -0.1) is 0 Å². The molecule has 0 bridgehead atoms. The highest BCUT2D eigenvalue weighted by atomic mass is 19.4. The van der Waals surface area contributed by atoms with Crippen LogP contribution in [0.15, 0.2) is 18.5 Å². The van der Waals surface area contributed by atoms with Gasteiger partial charge in [-0.2, -0.15) is 13.2 Å². The predicted octanol–water partition coefficient (Wildman–Crippen LogP) is 2.80. The molecule has 1 saturated heterocycles. The molecule has 0 aromatic carbocycles. The van der Waals surface area contributed by atoms with Gasteiger partial charge in [-0.05, 0) is 6.07 Å². The zero-order chi connectivity index (χ0) is 22.7. The summed E-state index contributed by atoms with van der Waals surface area (Å²) >= 11 is 0. The Hall–Kier alpha value is -3.25. The molecule has 1 N–H and O–H groups in total. The number of alkyl halides is 3. The van der Waals surface area contributed by atoms with E-state index in [0.29, 0.717) is 67.6 Å². The van der Waals surface area contributed by atoms with Crippen molar-refractivity contribution in [1.29, 1.82) is 0 Å². The lowest BCUT2D eigenvalue weighted by atomic mass is 10.1. The van der Waals surface area contributed by atoms with Gasteiger partial charge < -0.3 is 23.9 Å². The molecule has 12 heteroatoms. The molecule has 6 rings (SSSR count). The average Bonchev–Trinajstić information content (AvgIpc) is 3.26. The molecule has 2 aliphatic rings. The van der Waals surface area contributed by atoms with Crippen LogP contribution < -0.4 is 4.90 Å². The van der Waals surface area contributed by atoms with Crippen LogP contribution in [0.3, 0.4) is 0 Å². The number of aromatic amines is 1. The highest BCUT2D eigenvalue weighted by molar-refractivity contribution is 5.88. The van der Waals surface area contributed by atoms with E-state index in [-0.39, 0.29) is 17.1 Å². The summed E-state index contributed by atoms with van der Waals surface area (Å²) in [6.45, 7) is 3.01. The number of nitrogens with one attached hydrogen (secondary N) is 1. The second kappa shape index (κ2) is 7.39. The first-order chi connectivity index (χ1) is 15.9. The van der Waals surface area contributed by atoms with Crippen LogP contribution in [0, 0.1) is 0 Å². The first-order valence-electron chi connectivity index (χ1n) is 10.6. The van der Waals surface area contributed by atoms with Gasteiger partial charge in [0.05, 0.1) is 24.9 Å². The molecule has 2 aliphatic heterocycles. The molecule has 0 aliphatic carbocycles. The van der Waals surface area contributed by atoms with Gasteiger partial charge in [0.1, 0.15) is 11.5 Å². The van der Waals surface area contributed by atoms with E-state index in [2.05, 4.69) is 14.9 Å². The number of ether oxygens (including phenoxy) is 2. The Balaban J connectivity index is 1.53. The van der Waals surface area contributed by atoms with Crippen LogP contribution in [-0.4, -0.2) is 69.0 Å². The third-order valence-electron chi connectivity index (χ3n) is 6.16. The van der Waals surface area contributed by atoms with E-state index in [1.807, 2.05) is 4.57 Å². The molecule has 6 heterocycles. The van der Waals surface area contributed by atoms with Gasteiger partial charge in [-0.3, -0.25) is 0 Å². The molecular formula is C21H20F3N7O2. The molecule has 1 fully saturated rings. The number of nitrogens with zero attached hydrogens (tertiary/aromatic N) is 6. The number of rotatable bonds is 3. The average molecular weight is 459 g/mol. The van der Waals surface area contributed by atoms with Crippen LogP contribution in [-0.2, 0) is 28.6 Å². The first-order valence-corrected chi connectivity index (χ1v) is 10.6. The second-order valence-electron chi connectivity index (χ2n) is 8.17. The lowest BCUT2D eigenvalue weighted by Gasteiger charge is -2.39. The van der Waals surface area contributed by atoms with E-state index >= 15 is 0 Å². The zero-order valence-electron chi connectivity index (χ0n) is 17.7. The van der Waals surface area contributed by atoms with Gasteiger partial charge in [0.15, 0.2) is 22.8 Å². The fraction of sp³-hybridized carbons (Fsp3) is 0.429. The molecule has 4 aromatic heterocycles. The Kier molecular flexibility index (Phi) is 4.56. The summed E-state index contributed by atoms with van der Waals surface area (Å²) in [5, 5.41) is -0.0193. The minimum Gasteiger partial charge on any atom is -0.379 e. The zero-order valence-corrected chi connectivity index (χ0v) is 17.7. The molecule has 0 saturated carbocycles. The number of fused-ring (bicyclic) bond motifs is 4. The fourth-order valence-corrected chi connectivity index (χ4v) is 4.35. The van der Waals surface area contributed by atoms with Crippen LogP contribution in [0.1, 0.15) is 11.4 Å². The van der Waals surface area contributed by atoms with E-state index in [4.69, 9.17) is 24.4 Å². The standard InChI is InChI=1S/C21H20F3N7O2/c1-32-12-9-30(10-12)19-16-20(31-3-5-33-4-2-15(31)27-16)29-17(28-19)11-6-13-14(21(22,23)24)8-26-18(13)25-7-11/h6-8,12H,2-5,9-10H2,1H3,(H,25,26). The van der Waals surface area contributed by atoms with Gasteiger partial charge in [-0.1, -0.05) is 0 Å². The van der Waals surface area contributed by atoms with Crippen LogP contribution in [0.5, 0.6) is 0 Å². The largest absolute Gasteiger partial charge is 0.418 e. The lowest BCUT2D eigenvalue weighted by Crippen LogP contribution is -2.52. The van der Waals surface area contributed by atoms with E-state index in [1.54, 1.807) is 7.11 Å². The lowest BCUT2D eigenvalue weighted by molar-refractivity contribution is -0.136. The molecule has 9 nitrogen and oxygen atoms in total. The summed E-state index contributed by atoms with van der Waals surface area (Å²) in [6, 6.07) is 1.43. The summed E-state index contributed by atoms with van der Waals surface area (Å²) in [7, 11) is 1.66. The van der Waals surface area contributed by atoms with Crippen molar-refractivity contribution in [2.45, 2.75) is 25.2 Å². The molecule has 0 amide bonds. The van der Waals surface area contributed by atoms with Crippen molar-refractivity contribution in [2.24, 2.45) is 0 Å². The van der Waals surface area contributed by atoms with Crippen molar-refractivity contribution in [3.63, 3.8) is 0 Å². The molecule has 4 aromatic rings. The molecule has 0 spiro atoms. The van der Waals surface area contributed by atoms with E-state index in [9.17, 15) is 13.2 Å². The third-order valence-corrected chi connectivity index (χ3v) is 6.16. The summed E-state index contributed by atoms with van der Waals surface area (Å²) in [5.74, 6) is 1.81. The maximum Gasteiger partial charge on any atom is 0.418 e. The molecule has 0 unspecified atom stereocenters. The van der Waals surface area contributed by atoms with Gasteiger partial charge in [0.25, 0.3) is 0 Å². The number of hydrogen-bond donors (Lipinski definition) is 1. The Morgan fingerprint density at radius 2 is 2.03 bits per heavy atom. The number of pyridine rings is 1. The quantitative estimate of drug-likeness (QED) is 0.504. The Morgan fingerprint density at radius 1 is 1.18 bits per heavy atom. The van der Waals surface area contributed by atoms with Gasteiger partial charge in [0.2, 0.25) is 0 Å². The number of imidazole rings is 1. The number of anilines is 1. The van der Waals surface area contributed by atoms with Crippen LogP contribution in [0.25, 0.3) is 33.6 Å². The number of aromatic nitrogens is 6. The molecular weight excluding hydrogens is 439 g/mol. The van der Waals surface area contributed by atoms with Crippen molar-refractivity contribution in [3.8, 4) is 11.4 Å². The van der Waals surface area contributed by atoms with Crippen LogP contribution >= 0.6 is 0 Å². The van der Waals surface area contributed by atoms with Gasteiger partial charge >= 0.3 is 6.18 Å². The van der Waals surface area contributed by atoms with Gasteiger partial charge in [0, 0.05) is 56.5 Å². The smallest absolute Gasteiger partial charge is 0.379 e. The minimum atomic E-state index is -4.50. The van der Waals surface area contributed by atoms with Crippen molar-refractivity contribution in [3.05, 3.63) is 29.8 Å². The first kappa shape index (κ1) is 20.4. The van der Waals surface area contributed by atoms with E-state index in [0.717, 1.165) is 12.0 Å². The molecule has 0 radical (unpaired) electrons. The summed E-state index contributed by atoms with van der Waals surface area (Å²) in [5.41, 5.74) is 1.11. The Morgan fingerprint density at radius 3 is 2.82 bits per heavy atom. The predicted molar refractivity (Wildman–Crippen MR) is 113 cm³/mol. The number of hydrogen-bond acceptors (Lipinski definition) is 7. The Bertz CT molecular complexity index is 1360. The summed E-state index contributed by atoms with van der Waals surface area (Å²) < 4.78 is 53.3. The van der Waals surface area contributed by atoms with Crippen LogP contribution in [0.4, 0.5) is 19.0 Å². The highest BCUT2D eigenvalue weighted by Gasteiger charge is 2.35. The van der Waals surface area contributed by atoms with Crippen molar-refractivity contribution in [1.82, 2.24) is 29.5 Å². The maximum absolute atomic E-state index is 13.5. The SMILES string of the molecule is COC1CN(c2nc(-c3cnc4[nH]cc(C(F)(F)F)c4c3)nc3c2nc2n3CCOCC2)C1. The minimum absolute atomic E-state index is 0.0193. The third kappa shape index (κ3) is 3.32. The molecule has 0 atom stereocenters. The van der Waals surface area contributed by atoms with Gasteiger partial charge in [-0.25, -0.2) is 19.9 Å². The Labute approximate surface area is 185 Å². The van der Waals surface area contributed by atoms with Crippen molar-refractivity contribution >= 4 is 28.0 Å². The second-order valence-corrected chi connectivity index (χ2v) is 8.17. The number of halogens is 3. The summed E-state index contributed by atoms with van der Waals surface area (Å²) in [4.78, 5) is 23.1. The van der Waals surface area contributed by atoms with E-state index in [1.165, 1.54) is 12.3 Å².